The maximum Gasteiger partial charge on any atom is 0.305 e. The molecule has 0 aliphatic carbocycles. The molecule has 0 aromatic heterocycles. The lowest BCUT2D eigenvalue weighted by molar-refractivity contribution is -0.146. The number of hydrogen-bond acceptors (Lipinski definition) is 5. The number of carbonyl (C=O) groups is 2. The van der Waals surface area contributed by atoms with Crippen LogP contribution in [0.4, 0.5) is 0 Å². The average Bonchev–Trinajstić information content (AvgIpc) is 2.83. The van der Waals surface area contributed by atoms with E-state index in [1.165, 1.54) is 83.5 Å². The molecule has 0 atom stereocenters. The maximum atomic E-state index is 11.8. The highest BCUT2D eigenvalue weighted by molar-refractivity contribution is 5.69. The predicted molar refractivity (Wildman–Crippen MR) is 141 cm³/mol. The van der Waals surface area contributed by atoms with E-state index in [2.05, 4.69) is 13.8 Å². The quantitative estimate of drug-likeness (QED) is 0.0866. The van der Waals surface area contributed by atoms with E-state index in [4.69, 9.17) is 14.2 Å². The highest BCUT2D eigenvalue weighted by Crippen LogP contribution is 2.13. The van der Waals surface area contributed by atoms with Crippen LogP contribution in [0, 0.1) is 0 Å². The molecule has 0 amide bonds. The molecule has 202 valence electrons. The molecule has 0 aromatic carbocycles. The molecule has 5 heteroatoms. The van der Waals surface area contributed by atoms with Gasteiger partial charge in [0, 0.05) is 12.8 Å². The monoisotopic (exact) mass is 484 g/mol. The van der Waals surface area contributed by atoms with Crippen LogP contribution in [0.2, 0.25) is 0 Å². The molecular formula is C29H56O5. The minimum Gasteiger partial charge on any atom is -0.463 e. The summed E-state index contributed by atoms with van der Waals surface area (Å²) in [5, 5.41) is 0. The second kappa shape index (κ2) is 28.1. The van der Waals surface area contributed by atoms with Gasteiger partial charge in [0.25, 0.3) is 0 Å². The predicted octanol–water partition coefficient (Wildman–Crippen LogP) is 8.32. The van der Waals surface area contributed by atoms with Crippen molar-refractivity contribution in [3.63, 3.8) is 0 Å². The van der Waals surface area contributed by atoms with Gasteiger partial charge in [0.05, 0.1) is 13.2 Å². The third-order valence-electron chi connectivity index (χ3n) is 6.20. The Labute approximate surface area is 211 Å². The zero-order valence-corrected chi connectivity index (χ0v) is 22.7. The minimum absolute atomic E-state index is 0.142. The molecule has 34 heavy (non-hydrogen) atoms. The summed E-state index contributed by atoms with van der Waals surface area (Å²) >= 11 is 0. The summed E-state index contributed by atoms with van der Waals surface area (Å²) in [6, 6.07) is 0. The summed E-state index contributed by atoms with van der Waals surface area (Å²) in [6.07, 6.45) is 25.1. The summed E-state index contributed by atoms with van der Waals surface area (Å²) in [5.74, 6) is -0.300. The number of carbonyl (C=O) groups excluding carboxylic acids is 2. The maximum absolute atomic E-state index is 11.8. The lowest BCUT2D eigenvalue weighted by Gasteiger charge is -2.07. The first-order valence-corrected chi connectivity index (χ1v) is 14.6. The van der Waals surface area contributed by atoms with Gasteiger partial charge in [0.1, 0.15) is 13.2 Å². The van der Waals surface area contributed by atoms with Gasteiger partial charge in [-0.1, -0.05) is 123 Å². The van der Waals surface area contributed by atoms with Crippen molar-refractivity contribution in [2.24, 2.45) is 0 Å². The fraction of sp³-hybridized carbons (Fsp3) is 0.931. The van der Waals surface area contributed by atoms with Crippen LogP contribution in [0.1, 0.15) is 149 Å². The van der Waals surface area contributed by atoms with Gasteiger partial charge in [-0.25, -0.2) is 0 Å². The van der Waals surface area contributed by atoms with Crippen molar-refractivity contribution in [2.45, 2.75) is 149 Å². The molecule has 0 saturated heterocycles. The zero-order valence-electron chi connectivity index (χ0n) is 22.7. The van der Waals surface area contributed by atoms with Gasteiger partial charge < -0.3 is 14.2 Å². The van der Waals surface area contributed by atoms with Crippen molar-refractivity contribution < 1.29 is 23.8 Å². The van der Waals surface area contributed by atoms with Gasteiger partial charge in [-0.3, -0.25) is 9.59 Å². The summed E-state index contributed by atoms with van der Waals surface area (Å²) in [6.45, 7) is 5.64. The molecule has 0 aromatic rings. The molecule has 0 N–H and O–H groups in total. The van der Waals surface area contributed by atoms with E-state index in [9.17, 15) is 9.59 Å². The van der Waals surface area contributed by atoms with E-state index in [-0.39, 0.29) is 25.2 Å². The van der Waals surface area contributed by atoms with Gasteiger partial charge in [-0.2, -0.15) is 0 Å². The minimum atomic E-state index is -0.158. The Morgan fingerprint density at radius 1 is 0.412 bits per heavy atom. The van der Waals surface area contributed by atoms with Crippen molar-refractivity contribution in [3.05, 3.63) is 0 Å². The van der Waals surface area contributed by atoms with Crippen molar-refractivity contribution in [1.29, 1.82) is 0 Å². The van der Waals surface area contributed by atoms with E-state index >= 15 is 0 Å². The zero-order chi connectivity index (χ0) is 25.0. The van der Waals surface area contributed by atoms with E-state index in [1.54, 1.807) is 0 Å². The van der Waals surface area contributed by atoms with E-state index in [0.29, 0.717) is 26.1 Å². The number of unbranched alkanes of at least 4 members (excludes halogenated alkanes) is 17. The number of ether oxygens (including phenoxy) is 3. The normalized spacial score (nSPS) is 11.0. The Hall–Kier alpha value is -1.10. The molecule has 0 heterocycles. The fourth-order valence-electron chi connectivity index (χ4n) is 4.01. The largest absolute Gasteiger partial charge is 0.463 e. The molecule has 0 fully saturated rings. The van der Waals surface area contributed by atoms with E-state index in [0.717, 1.165) is 38.5 Å². The van der Waals surface area contributed by atoms with Crippen molar-refractivity contribution in [2.75, 3.05) is 26.4 Å². The first-order chi connectivity index (χ1) is 16.7. The smallest absolute Gasteiger partial charge is 0.305 e. The topological polar surface area (TPSA) is 61.8 Å². The van der Waals surface area contributed by atoms with Gasteiger partial charge in [0.2, 0.25) is 0 Å². The third-order valence-corrected chi connectivity index (χ3v) is 6.20. The van der Waals surface area contributed by atoms with Crippen molar-refractivity contribution in [1.82, 2.24) is 0 Å². The summed E-state index contributed by atoms with van der Waals surface area (Å²) in [4.78, 5) is 23.3. The van der Waals surface area contributed by atoms with Crippen LogP contribution in [0.15, 0.2) is 0 Å². The molecule has 5 nitrogen and oxygen atoms in total. The molecule has 0 spiro atoms. The van der Waals surface area contributed by atoms with E-state index in [1.807, 2.05) is 0 Å². The Balaban J connectivity index is 3.22. The molecular weight excluding hydrogens is 428 g/mol. The fourth-order valence-corrected chi connectivity index (χ4v) is 4.01. The van der Waals surface area contributed by atoms with Gasteiger partial charge >= 0.3 is 11.9 Å². The average molecular weight is 485 g/mol. The highest BCUT2D eigenvalue weighted by atomic mass is 16.6. The second-order valence-corrected chi connectivity index (χ2v) is 9.56. The standard InChI is InChI=1S/C29H56O5/c1-3-5-7-9-10-11-12-13-14-15-16-17-18-19-21-23-29(31)34-27-25-32-24-26-33-28(30)22-20-8-6-4-2/h3-27H2,1-2H3. The van der Waals surface area contributed by atoms with Crippen molar-refractivity contribution in [3.8, 4) is 0 Å². The van der Waals surface area contributed by atoms with E-state index < -0.39 is 0 Å². The lowest BCUT2D eigenvalue weighted by atomic mass is 10.0. The molecule has 0 aliphatic rings. The third kappa shape index (κ3) is 27.1. The van der Waals surface area contributed by atoms with Crippen molar-refractivity contribution >= 4 is 11.9 Å². The first kappa shape index (κ1) is 32.9. The SMILES string of the molecule is CCCCCCCCCCCCCCCCCC(=O)OCCOCCOC(=O)CCCCCC. The molecule has 0 aliphatic heterocycles. The van der Waals surface area contributed by atoms with Gasteiger partial charge in [-0.05, 0) is 12.8 Å². The van der Waals surface area contributed by atoms with Gasteiger partial charge in [0.15, 0.2) is 0 Å². The molecule has 0 radical (unpaired) electrons. The second-order valence-electron chi connectivity index (χ2n) is 9.56. The Kier molecular flexibility index (Phi) is 27.2. The van der Waals surface area contributed by atoms with Crippen LogP contribution in [-0.2, 0) is 23.8 Å². The number of rotatable bonds is 27. The molecule has 0 bridgehead atoms. The van der Waals surface area contributed by atoms with Crippen LogP contribution in [-0.4, -0.2) is 38.4 Å². The Bertz CT molecular complexity index is 438. The van der Waals surface area contributed by atoms with Crippen LogP contribution < -0.4 is 0 Å². The van der Waals surface area contributed by atoms with Crippen LogP contribution in [0.5, 0.6) is 0 Å². The van der Waals surface area contributed by atoms with Crippen LogP contribution >= 0.6 is 0 Å². The summed E-state index contributed by atoms with van der Waals surface area (Å²) < 4.78 is 15.7. The Morgan fingerprint density at radius 3 is 1.06 bits per heavy atom. The lowest BCUT2D eigenvalue weighted by Crippen LogP contribution is -2.14. The molecule has 0 rings (SSSR count). The Morgan fingerprint density at radius 2 is 0.706 bits per heavy atom. The van der Waals surface area contributed by atoms with Crippen LogP contribution in [0.25, 0.3) is 0 Å². The molecule has 0 unspecified atom stereocenters. The number of hydrogen-bond donors (Lipinski definition) is 0. The summed E-state index contributed by atoms with van der Waals surface area (Å²) in [7, 11) is 0. The van der Waals surface area contributed by atoms with Crippen LogP contribution in [0.3, 0.4) is 0 Å². The summed E-state index contributed by atoms with van der Waals surface area (Å²) in [5.41, 5.74) is 0. The molecule has 0 saturated carbocycles. The first-order valence-electron chi connectivity index (χ1n) is 14.6. The van der Waals surface area contributed by atoms with Gasteiger partial charge in [-0.15, -0.1) is 0 Å². The number of esters is 2. The highest BCUT2D eigenvalue weighted by Gasteiger charge is 2.04.